The van der Waals surface area contributed by atoms with Crippen LogP contribution in [0.3, 0.4) is 0 Å². The predicted octanol–water partition coefficient (Wildman–Crippen LogP) is 2.57. The van der Waals surface area contributed by atoms with E-state index >= 15 is 0 Å². The molecule has 1 unspecified atom stereocenters. The summed E-state index contributed by atoms with van der Waals surface area (Å²) < 4.78 is -0.532. The first kappa shape index (κ1) is 15.6. The van der Waals surface area contributed by atoms with Crippen molar-refractivity contribution in [3.8, 4) is 0 Å². The smallest absolute Gasteiger partial charge is 0.332 e. The molecule has 7 heteroatoms. The second kappa shape index (κ2) is 6.10. The Bertz CT molecular complexity index is 527. The Labute approximate surface area is 122 Å². The third-order valence-electron chi connectivity index (χ3n) is 2.68. The summed E-state index contributed by atoms with van der Waals surface area (Å²) in [5.41, 5.74) is 12.8. The molecule has 0 saturated heterocycles. The van der Waals surface area contributed by atoms with E-state index in [9.17, 15) is 0 Å². The summed E-state index contributed by atoms with van der Waals surface area (Å²) >= 11 is 11.1. The molecule has 19 heavy (non-hydrogen) atoms. The van der Waals surface area contributed by atoms with E-state index < -0.39 is 4.59 Å². The number of halogens is 1. The first-order chi connectivity index (χ1) is 8.84. The van der Waals surface area contributed by atoms with Gasteiger partial charge in [-0.1, -0.05) is 29.7 Å². The molecule has 1 rings (SSSR count). The second-order valence-electron chi connectivity index (χ2n) is 4.03. The lowest BCUT2D eigenvalue weighted by molar-refractivity contribution is 0.617. The van der Waals surface area contributed by atoms with E-state index in [-0.39, 0.29) is 11.1 Å². The summed E-state index contributed by atoms with van der Waals surface area (Å²) in [5.74, 6) is -0.275. The standard InChI is InChI=1S/C12H16ClN5S/c1-3-8(2)17-18(11(14)15,12(16)19)10-6-4-5-9(13)7-10/h4-7H,3H2,1-2H3,(H4-,14,15,16,19)/p+1/b17-8+. The van der Waals surface area contributed by atoms with Crippen molar-refractivity contribution in [3.63, 3.8) is 0 Å². The van der Waals surface area contributed by atoms with Gasteiger partial charge in [-0.3, -0.25) is 0 Å². The maximum absolute atomic E-state index is 7.84. The number of nitrogens with two attached hydrogens (primary N) is 2. The van der Waals surface area contributed by atoms with Crippen LogP contribution in [0.1, 0.15) is 20.3 Å². The van der Waals surface area contributed by atoms with Gasteiger partial charge in [0.2, 0.25) is 0 Å². The summed E-state index contributed by atoms with van der Waals surface area (Å²) in [4.78, 5) is 0. The summed E-state index contributed by atoms with van der Waals surface area (Å²) in [6.07, 6.45) is 0.705. The molecule has 0 fully saturated rings. The first-order valence-corrected chi connectivity index (χ1v) is 6.48. The zero-order chi connectivity index (χ0) is 14.6. The Morgan fingerprint density at radius 3 is 2.53 bits per heavy atom. The molecule has 0 spiro atoms. The average Bonchev–Trinajstić information content (AvgIpc) is 2.34. The number of nitrogens with one attached hydrogen (secondary N) is 1. The number of hydrogen-bond acceptors (Lipinski definition) is 3. The second-order valence-corrected chi connectivity index (χ2v) is 4.88. The van der Waals surface area contributed by atoms with Crippen molar-refractivity contribution in [1.29, 1.82) is 5.41 Å². The van der Waals surface area contributed by atoms with Gasteiger partial charge in [0.25, 0.3) is 0 Å². The van der Waals surface area contributed by atoms with Gasteiger partial charge in [0, 0.05) is 29.4 Å². The third-order valence-corrected chi connectivity index (χ3v) is 3.18. The summed E-state index contributed by atoms with van der Waals surface area (Å²) in [5, 5.41) is 12.7. The van der Waals surface area contributed by atoms with Gasteiger partial charge in [-0.2, -0.15) is 0 Å². The molecule has 0 saturated carbocycles. The monoisotopic (exact) mass is 298 g/mol. The van der Waals surface area contributed by atoms with Gasteiger partial charge in [-0.25, -0.2) is 5.41 Å². The normalized spacial score (nSPS) is 14.8. The van der Waals surface area contributed by atoms with Crippen LogP contribution in [0, 0.1) is 5.41 Å². The van der Waals surface area contributed by atoms with Crippen LogP contribution in [0.25, 0.3) is 0 Å². The highest BCUT2D eigenvalue weighted by molar-refractivity contribution is 7.80. The predicted molar refractivity (Wildman–Crippen MR) is 85.3 cm³/mol. The van der Waals surface area contributed by atoms with E-state index in [1.807, 2.05) is 13.8 Å². The summed E-state index contributed by atoms with van der Waals surface area (Å²) in [6, 6.07) is 6.84. The highest BCUT2D eigenvalue weighted by Crippen LogP contribution is 2.27. The zero-order valence-electron chi connectivity index (χ0n) is 10.9. The van der Waals surface area contributed by atoms with Crippen LogP contribution < -0.4 is 16.1 Å². The van der Waals surface area contributed by atoms with Crippen molar-refractivity contribution >= 4 is 46.3 Å². The molecule has 5 nitrogen and oxygen atoms in total. The average molecular weight is 299 g/mol. The van der Waals surface area contributed by atoms with E-state index in [2.05, 4.69) is 5.10 Å². The van der Waals surface area contributed by atoms with Crippen LogP contribution in [0.15, 0.2) is 29.4 Å². The molecular formula is C12H17ClN5S+. The number of hydrogen-bond donors (Lipinski definition) is 3. The van der Waals surface area contributed by atoms with Crippen molar-refractivity contribution in [2.24, 2.45) is 16.6 Å². The molecule has 102 valence electrons. The van der Waals surface area contributed by atoms with Crippen molar-refractivity contribution in [1.82, 2.24) is 4.59 Å². The molecule has 0 aliphatic carbocycles. The Hall–Kier alpha value is -1.50. The minimum absolute atomic E-state index is 0.0254. The molecule has 0 heterocycles. The van der Waals surface area contributed by atoms with E-state index in [4.69, 9.17) is 40.7 Å². The van der Waals surface area contributed by atoms with Gasteiger partial charge in [-0.05, 0) is 24.0 Å². The topological polar surface area (TPSA) is 88.2 Å². The van der Waals surface area contributed by atoms with Crippen LogP contribution in [0.2, 0.25) is 5.02 Å². The molecule has 0 radical (unpaired) electrons. The van der Waals surface area contributed by atoms with Crippen LogP contribution in [-0.2, 0) is 0 Å². The van der Waals surface area contributed by atoms with Crippen molar-refractivity contribution in [2.75, 3.05) is 0 Å². The molecular weight excluding hydrogens is 282 g/mol. The van der Waals surface area contributed by atoms with E-state index in [0.717, 1.165) is 5.71 Å². The van der Waals surface area contributed by atoms with E-state index in [0.29, 0.717) is 17.1 Å². The highest BCUT2D eigenvalue weighted by atomic mass is 35.5. The molecule has 1 atom stereocenters. The fraction of sp³-hybridized carbons (Fsp3) is 0.250. The molecule has 1 aromatic carbocycles. The van der Waals surface area contributed by atoms with Crippen molar-refractivity contribution in [2.45, 2.75) is 20.3 Å². The summed E-state index contributed by atoms with van der Waals surface area (Å²) in [7, 11) is 0. The zero-order valence-corrected chi connectivity index (χ0v) is 12.4. The SMILES string of the molecule is CC/C(C)=N/[N+](C(=N)N)(C(N)=S)c1cccc(Cl)c1. The number of rotatable bonds is 3. The lowest BCUT2D eigenvalue weighted by atomic mass is 10.3. The quantitative estimate of drug-likeness (QED) is 0.263. The lowest BCUT2D eigenvalue weighted by Crippen LogP contribution is -2.60. The number of nitrogens with zero attached hydrogens (tertiary/aromatic N) is 2. The Morgan fingerprint density at radius 1 is 1.47 bits per heavy atom. The largest absolute Gasteiger partial charge is 0.342 e. The lowest BCUT2D eigenvalue weighted by Gasteiger charge is -2.27. The highest BCUT2D eigenvalue weighted by Gasteiger charge is 2.40. The van der Waals surface area contributed by atoms with Gasteiger partial charge in [0.15, 0.2) is 5.69 Å². The maximum atomic E-state index is 7.84. The van der Waals surface area contributed by atoms with Gasteiger partial charge in [-0.15, -0.1) is 0 Å². The van der Waals surface area contributed by atoms with Crippen molar-refractivity contribution < 1.29 is 0 Å². The molecule has 0 bridgehead atoms. The summed E-state index contributed by atoms with van der Waals surface area (Å²) in [6.45, 7) is 3.78. The molecule has 5 N–H and O–H groups in total. The molecule has 1 aromatic rings. The number of quaternary nitrogens is 1. The van der Waals surface area contributed by atoms with Crippen LogP contribution in [0.5, 0.6) is 0 Å². The molecule has 0 aliphatic rings. The Morgan fingerprint density at radius 2 is 2.11 bits per heavy atom. The molecule has 0 amide bonds. The Balaban J connectivity index is 3.58. The third kappa shape index (κ3) is 3.09. The minimum atomic E-state index is -0.532. The number of thiocarbonyl (C=S) groups is 1. The minimum Gasteiger partial charge on any atom is -0.342 e. The molecule has 0 aliphatic heterocycles. The maximum Gasteiger partial charge on any atom is 0.332 e. The Kier molecular flexibility index (Phi) is 4.99. The van der Waals surface area contributed by atoms with Crippen molar-refractivity contribution in [3.05, 3.63) is 29.3 Å². The number of benzene rings is 1. The fourth-order valence-electron chi connectivity index (χ4n) is 1.55. The molecule has 0 aromatic heterocycles. The van der Waals surface area contributed by atoms with Crippen LogP contribution in [-0.4, -0.2) is 16.8 Å². The van der Waals surface area contributed by atoms with Gasteiger partial charge in [0.1, 0.15) is 0 Å². The van der Waals surface area contributed by atoms with Crippen LogP contribution >= 0.6 is 23.8 Å². The van der Waals surface area contributed by atoms with E-state index in [1.165, 1.54) is 0 Å². The fourth-order valence-corrected chi connectivity index (χ4v) is 1.98. The first-order valence-electron chi connectivity index (χ1n) is 5.70. The van der Waals surface area contributed by atoms with Crippen LogP contribution in [0.4, 0.5) is 5.69 Å². The van der Waals surface area contributed by atoms with Gasteiger partial charge >= 0.3 is 11.1 Å². The number of guanidine groups is 1. The van der Waals surface area contributed by atoms with Gasteiger partial charge in [0.05, 0.1) is 5.71 Å². The van der Waals surface area contributed by atoms with E-state index in [1.54, 1.807) is 24.3 Å². The van der Waals surface area contributed by atoms with Gasteiger partial charge < -0.3 is 11.5 Å².